The summed E-state index contributed by atoms with van der Waals surface area (Å²) in [4.78, 5) is 5.37. The summed E-state index contributed by atoms with van der Waals surface area (Å²) < 4.78 is 30.8. The summed E-state index contributed by atoms with van der Waals surface area (Å²) in [6.07, 6.45) is -3.16. The number of ether oxygens (including phenoxy) is 1. The highest BCUT2D eigenvalue weighted by atomic mass is 19.3. The molecule has 1 saturated heterocycles. The molecule has 0 aromatic rings. The molecule has 2 heterocycles. The van der Waals surface area contributed by atoms with Gasteiger partial charge in [0.2, 0.25) is 6.43 Å². The smallest absolute Gasteiger partial charge is 0.246 e. The van der Waals surface area contributed by atoms with E-state index in [1.807, 2.05) is 0 Å². The number of hydrogen-bond acceptors (Lipinski definition) is 6. The van der Waals surface area contributed by atoms with Gasteiger partial charge in [0.05, 0.1) is 18.6 Å². The Hall–Kier alpha value is -1.25. The van der Waals surface area contributed by atoms with Gasteiger partial charge in [-0.2, -0.15) is 0 Å². The van der Waals surface area contributed by atoms with Gasteiger partial charge in [-0.1, -0.05) is 0 Å². The number of aliphatic hydroxyl groups excluding tert-OH is 2. The molecule has 0 aromatic carbocycles. The minimum Gasteiger partial charge on any atom is -0.394 e. The monoisotopic (exact) mass is 263 g/mol. The van der Waals surface area contributed by atoms with Crippen molar-refractivity contribution in [3.8, 4) is 0 Å². The molecule has 2 rings (SSSR count). The first-order chi connectivity index (χ1) is 8.54. The van der Waals surface area contributed by atoms with Crippen molar-refractivity contribution in [3.05, 3.63) is 12.3 Å². The lowest BCUT2D eigenvalue weighted by Crippen LogP contribution is -2.42. The Morgan fingerprint density at radius 2 is 2.33 bits per heavy atom. The van der Waals surface area contributed by atoms with E-state index in [1.165, 1.54) is 17.2 Å². The number of rotatable bonds is 3. The van der Waals surface area contributed by atoms with Crippen molar-refractivity contribution in [1.29, 1.82) is 0 Å². The first kappa shape index (κ1) is 13.2. The molecule has 4 N–H and O–H groups in total. The minimum atomic E-state index is -2.76. The number of amidine groups is 1. The molecule has 0 saturated carbocycles. The van der Waals surface area contributed by atoms with Crippen LogP contribution in [0, 0.1) is 5.92 Å². The minimum absolute atomic E-state index is 0.123. The number of alkyl halides is 2. The van der Waals surface area contributed by atoms with Crippen molar-refractivity contribution < 1.29 is 23.7 Å². The maximum Gasteiger partial charge on any atom is 0.246 e. The van der Waals surface area contributed by atoms with E-state index < -0.39 is 37.4 Å². The molecular formula is C10H15F2N3O3. The third-order valence-electron chi connectivity index (χ3n) is 3.08. The fraction of sp³-hybridized carbons (Fsp3) is 0.700. The van der Waals surface area contributed by atoms with Crippen LogP contribution in [0.4, 0.5) is 8.78 Å². The van der Waals surface area contributed by atoms with Crippen LogP contribution in [-0.4, -0.2) is 59.1 Å². The van der Waals surface area contributed by atoms with Crippen molar-refractivity contribution in [1.82, 2.24) is 4.90 Å². The van der Waals surface area contributed by atoms with E-state index in [0.29, 0.717) is 5.84 Å². The van der Waals surface area contributed by atoms with Crippen LogP contribution in [0.3, 0.4) is 0 Å². The Kier molecular flexibility index (Phi) is 3.79. The summed E-state index contributed by atoms with van der Waals surface area (Å²) >= 11 is 0. The quantitative estimate of drug-likeness (QED) is 0.613. The Morgan fingerprint density at radius 1 is 1.61 bits per heavy atom. The summed E-state index contributed by atoms with van der Waals surface area (Å²) in [7, 11) is 0. The summed E-state index contributed by atoms with van der Waals surface area (Å²) in [6, 6.07) is 0. The first-order valence-corrected chi connectivity index (χ1v) is 5.51. The maximum absolute atomic E-state index is 12.8. The molecule has 1 fully saturated rings. The molecular weight excluding hydrogens is 248 g/mol. The third-order valence-corrected chi connectivity index (χ3v) is 3.08. The molecule has 4 atom stereocenters. The second-order valence-electron chi connectivity index (χ2n) is 4.20. The van der Waals surface area contributed by atoms with Crippen LogP contribution >= 0.6 is 0 Å². The van der Waals surface area contributed by atoms with E-state index in [0.717, 1.165) is 0 Å². The predicted molar refractivity (Wildman–Crippen MR) is 58.7 cm³/mol. The number of nitrogens with two attached hydrogens (primary N) is 1. The summed E-state index contributed by atoms with van der Waals surface area (Å²) in [5, 5.41) is 18.9. The van der Waals surface area contributed by atoms with Crippen LogP contribution < -0.4 is 5.73 Å². The largest absolute Gasteiger partial charge is 0.394 e. The number of aliphatic imine (C=N–C) groups is 1. The summed E-state index contributed by atoms with van der Waals surface area (Å²) in [5.74, 6) is -1.08. The highest BCUT2D eigenvalue weighted by Gasteiger charge is 2.49. The van der Waals surface area contributed by atoms with Gasteiger partial charge in [-0.05, 0) is 6.08 Å². The zero-order valence-electron chi connectivity index (χ0n) is 9.49. The molecule has 0 radical (unpaired) electrons. The summed E-state index contributed by atoms with van der Waals surface area (Å²) in [5.41, 5.74) is 5.43. The standard InChI is InChI=1S/C10H15F2N3O3/c11-9(12)7-5(3-16)18-10(8(7)17)15-2-1-6(13)14-4-15/h1-2,5,7-10,16-17H,3-4H2,(H2,13,14)/t5-,7-,8-,10-/m1/s1. The van der Waals surface area contributed by atoms with E-state index in [-0.39, 0.29) is 6.67 Å². The average molecular weight is 263 g/mol. The number of halogens is 2. The molecule has 102 valence electrons. The van der Waals surface area contributed by atoms with Crippen molar-refractivity contribution >= 4 is 5.84 Å². The fourth-order valence-electron chi connectivity index (χ4n) is 2.11. The van der Waals surface area contributed by atoms with Crippen molar-refractivity contribution in [2.45, 2.75) is 24.9 Å². The fourth-order valence-corrected chi connectivity index (χ4v) is 2.11. The lowest BCUT2D eigenvalue weighted by Gasteiger charge is -2.29. The van der Waals surface area contributed by atoms with E-state index in [4.69, 9.17) is 15.6 Å². The zero-order valence-corrected chi connectivity index (χ0v) is 9.49. The van der Waals surface area contributed by atoms with E-state index >= 15 is 0 Å². The average Bonchev–Trinajstić information content (AvgIpc) is 2.67. The van der Waals surface area contributed by atoms with Gasteiger partial charge in [0, 0.05) is 6.20 Å². The molecule has 0 bridgehead atoms. The lowest BCUT2D eigenvalue weighted by atomic mass is 9.99. The van der Waals surface area contributed by atoms with Gasteiger partial charge in [-0.15, -0.1) is 0 Å². The van der Waals surface area contributed by atoms with Gasteiger partial charge < -0.3 is 25.6 Å². The molecule has 8 heteroatoms. The Bertz CT molecular complexity index is 364. The molecule has 18 heavy (non-hydrogen) atoms. The molecule has 2 aliphatic rings. The maximum atomic E-state index is 12.8. The predicted octanol–water partition coefficient (Wildman–Crippen LogP) is -0.910. The van der Waals surface area contributed by atoms with Crippen LogP contribution in [0.15, 0.2) is 17.3 Å². The first-order valence-electron chi connectivity index (χ1n) is 5.51. The number of hydrogen-bond donors (Lipinski definition) is 3. The van der Waals surface area contributed by atoms with Gasteiger partial charge in [0.15, 0.2) is 6.23 Å². The van der Waals surface area contributed by atoms with Crippen LogP contribution in [0.25, 0.3) is 0 Å². The highest BCUT2D eigenvalue weighted by Crippen LogP contribution is 2.33. The molecule has 0 aliphatic carbocycles. The Balaban J connectivity index is 2.09. The molecule has 0 aromatic heterocycles. The molecule has 0 spiro atoms. The normalized spacial score (nSPS) is 36.3. The lowest BCUT2D eigenvalue weighted by molar-refractivity contribution is -0.0792. The van der Waals surface area contributed by atoms with Crippen LogP contribution in [0.5, 0.6) is 0 Å². The van der Waals surface area contributed by atoms with Crippen LogP contribution in [0.2, 0.25) is 0 Å². The van der Waals surface area contributed by atoms with E-state index in [2.05, 4.69) is 4.99 Å². The summed E-state index contributed by atoms with van der Waals surface area (Å²) in [6.45, 7) is -0.441. The van der Waals surface area contributed by atoms with Crippen molar-refractivity contribution in [3.63, 3.8) is 0 Å². The number of aliphatic hydroxyl groups is 2. The van der Waals surface area contributed by atoms with Gasteiger partial charge >= 0.3 is 0 Å². The van der Waals surface area contributed by atoms with Gasteiger partial charge in [0.25, 0.3) is 0 Å². The van der Waals surface area contributed by atoms with Crippen LogP contribution in [0.1, 0.15) is 0 Å². The molecule has 6 nitrogen and oxygen atoms in total. The number of nitrogens with zero attached hydrogens (tertiary/aromatic N) is 2. The highest BCUT2D eigenvalue weighted by molar-refractivity contribution is 5.91. The second-order valence-corrected chi connectivity index (χ2v) is 4.20. The second kappa shape index (κ2) is 5.17. The van der Waals surface area contributed by atoms with Gasteiger partial charge in [-0.25, -0.2) is 13.8 Å². The van der Waals surface area contributed by atoms with E-state index in [1.54, 1.807) is 0 Å². The third kappa shape index (κ3) is 2.31. The Morgan fingerprint density at radius 3 is 2.78 bits per heavy atom. The topological polar surface area (TPSA) is 91.3 Å². The van der Waals surface area contributed by atoms with Crippen LogP contribution in [-0.2, 0) is 4.74 Å². The van der Waals surface area contributed by atoms with Crippen molar-refractivity contribution in [2.24, 2.45) is 16.6 Å². The van der Waals surface area contributed by atoms with Gasteiger partial charge in [-0.3, -0.25) is 0 Å². The molecule has 0 unspecified atom stereocenters. The van der Waals surface area contributed by atoms with Crippen molar-refractivity contribution in [2.75, 3.05) is 13.3 Å². The van der Waals surface area contributed by atoms with E-state index in [9.17, 15) is 13.9 Å². The Labute approximate surface area is 102 Å². The SMILES string of the molecule is NC1=NCN([C@@H]2O[C@H](CO)[C@@H](C(F)F)[C@H]2O)C=C1. The molecule has 0 amide bonds. The van der Waals surface area contributed by atoms with Gasteiger partial charge in [0.1, 0.15) is 18.6 Å². The zero-order chi connectivity index (χ0) is 13.3. The molecule has 2 aliphatic heterocycles.